The summed E-state index contributed by atoms with van der Waals surface area (Å²) in [5, 5.41) is 2.72. The van der Waals surface area contributed by atoms with Crippen LogP contribution in [0.3, 0.4) is 0 Å². The van der Waals surface area contributed by atoms with E-state index in [1.54, 1.807) is 7.05 Å². The van der Waals surface area contributed by atoms with Gasteiger partial charge in [-0.3, -0.25) is 4.79 Å². The number of sulfone groups is 1. The Morgan fingerprint density at radius 1 is 1.37 bits per heavy atom. The van der Waals surface area contributed by atoms with Crippen molar-refractivity contribution in [2.24, 2.45) is 5.73 Å². The third-order valence-corrected chi connectivity index (χ3v) is 4.12. The summed E-state index contributed by atoms with van der Waals surface area (Å²) in [6, 6.07) is -1.32. The maximum absolute atomic E-state index is 11.6. The topological polar surface area (TPSA) is 116 Å². The summed E-state index contributed by atoms with van der Waals surface area (Å²) in [6.45, 7) is 2.24. The van der Waals surface area contributed by atoms with Crippen LogP contribution in [0.1, 0.15) is 26.2 Å². The van der Waals surface area contributed by atoms with Gasteiger partial charge in [-0.15, -0.1) is 0 Å². The van der Waals surface area contributed by atoms with Gasteiger partial charge >= 0.3 is 11.9 Å². The maximum atomic E-state index is 11.6. The van der Waals surface area contributed by atoms with Crippen molar-refractivity contribution < 1.29 is 22.7 Å². The van der Waals surface area contributed by atoms with Crippen molar-refractivity contribution in [1.29, 1.82) is 0 Å². The van der Waals surface area contributed by atoms with E-state index in [0.29, 0.717) is 13.0 Å². The van der Waals surface area contributed by atoms with Crippen LogP contribution in [0.2, 0.25) is 0 Å². The molecule has 0 unspecified atom stereocenters. The number of nitrogens with two attached hydrogens (primary N) is 1. The molecular weight excluding hydrogens is 272 g/mol. The molecule has 7 nitrogen and oxygen atoms in total. The van der Waals surface area contributed by atoms with Gasteiger partial charge in [-0.25, -0.2) is 13.2 Å². The number of ether oxygens (including phenoxy) is 1. The highest BCUT2D eigenvalue weighted by molar-refractivity contribution is 7.91. The first-order valence-corrected chi connectivity index (χ1v) is 7.99. The fourth-order valence-electron chi connectivity index (χ4n) is 1.26. The highest BCUT2D eigenvalue weighted by Gasteiger charge is 2.24. The van der Waals surface area contributed by atoms with E-state index in [9.17, 15) is 18.0 Å². The highest BCUT2D eigenvalue weighted by atomic mass is 32.2. The van der Waals surface area contributed by atoms with Crippen LogP contribution in [-0.4, -0.2) is 51.5 Å². The van der Waals surface area contributed by atoms with E-state index in [0.717, 1.165) is 6.42 Å². The Bertz CT molecular complexity index is 394. The first kappa shape index (κ1) is 18.0. The van der Waals surface area contributed by atoms with E-state index in [2.05, 4.69) is 10.1 Å². The lowest BCUT2D eigenvalue weighted by atomic mass is 10.3. The lowest BCUT2D eigenvalue weighted by molar-refractivity contribution is -0.160. The number of carbonyl (C=O) groups excluding carboxylic acids is 2. The highest BCUT2D eigenvalue weighted by Crippen LogP contribution is 2.01. The number of unbranched alkanes of at least 4 members (excludes halogenated alkanes) is 1. The lowest BCUT2D eigenvalue weighted by Crippen LogP contribution is -2.40. The molecule has 0 radical (unpaired) electrons. The van der Waals surface area contributed by atoms with Gasteiger partial charge < -0.3 is 15.8 Å². The normalized spacial score (nSPS) is 13.0. The molecule has 0 rings (SSSR count). The van der Waals surface area contributed by atoms with Crippen LogP contribution in [-0.2, 0) is 24.2 Å². The second-order valence-electron chi connectivity index (χ2n) is 4.22. The Kier molecular flexibility index (Phi) is 8.53. The van der Waals surface area contributed by atoms with Crippen molar-refractivity contribution in [3.63, 3.8) is 0 Å². The largest absolute Gasteiger partial charge is 0.392 e. The lowest BCUT2D eigenvalue weighted by Gasteiger charge is -2.10. The first-order chi connectivity index (χ1) is 8.82. The Labute approximate surface area is 113 Å². The average Bonchev–Trinajstić information content (AvgIpc) is 2.33. The quantitative estimate of drug-likeness (QED) is 0.423. The molecule has 0 aliphatic heterocycles. The minimum atomic E-state index is -3.39. The van der Waals surface area contributed by atoms with E-state index in [4.69, 9.17) is 5.73 Å². The number of nitrogens with one attached hydrogen (secondary N) is 1. The molecule has 0 bridgehead atoms. The van der Waals surface area contributed by atoms with Crippen LogP contribution < -0.4 is 11.1 Å². The Balaban J connectivity index is 4.23. The van der Waals surface area contributed by atoms with Crippen LogP contribution in [0.25, 0.3) is 0 Å². The van der Waals surface area contributed by atoms with Gasteiger partial charge in [0.1, 0.15) is 6.04 Å². The predicted octanol–water partition coefficient (Wildman–Crippen LogP) is -0.792. The summed E-state index contributed by atoms with van der Waals surface area (Å²) in [5.74, 6) is -2.23. The number of esters is 2. The van der Waals surface area contributed by atoms with E-state index in [1.807, 2.05) is 6.92 Å². The molecule has 0 aliphatic rings. The molecular formula is C11H22N2O5S. The first-order valence-electron chi connectivity index (χ1n) is 6.17. The van der Waals surface area contributed by atoms with E-state index < -0.39 is 33.6 Å². The van der Waals surface area contributed by atoms with Crippen LogP contribution >= 0.6 is 0 Å². The molecule has 0 fully saturated rings. The second kappa shape index (κ2) is 9.00. The minimum absolute atomic E-state index is 0.0157. The van der Waals surface area contributed by atoms with Gasteiger partial charge in [0.25, 0.3) is 0 Å². The molecule has 0 amide bonds. The van der Waals surface area contributed by atoms with Gasteiger partial charge in [0, 0.05) is 6.54 Å². The molecule has 3 N–H and O–H groups in total. The zero-order valence-electron chi connectivity index (χ0n) is 11.3. The van der Waals surface area contributed by atoms with Gasteiger partial charge in [0.15, 0.2) is 9.84 Å². The van der Waals surface area contributed by atoms with Gasteiger partial charge in [-0.05, 0) is 13.5 Å². The van der Waals surface area contributed by atoms with Crippen LogP contribution in [0.4, 0.5) is 0 Å². The summed E-state index contributed by atoms with van der Waals surface area (Å²) in [7, 11) is -1.74. The minimum Gasteiger partial charge on any atom is -0.392 e. The molecule has 0 aliphatic carbocycles. The fraction of sp³-hybridized carbons (Fsp3) is 0.818. The number of hydrogen-bond acceptors (Lipinski definition) is 7. The van der Waals surface area contributed by atoms with E-state index in [-0.39, 0.29) is 12.2 Å². The Morgan fingerprint density at radius 3 is 2.53 bits per heavy atom. The summed E-state index contributed by atoms with van der Waals surface area (Å²) in [6.07, 6.45) is 1.28. The molecule has 0 saturated heterocycles. The Morgan fingerprint density at radius 2 is 2.00 bits per heavy atom. The second-order valence-corrected chi connectivity index (χ2v) is 6.45. The fourth-order valence-corrected chi connectivity index (χ4v) is 2.83. The SMILES string of the molecule is CCCCS(=O)(=O)C[C@@H](N)C(=O)OC(=O)CCNC. The van der Waals surface area contributed by atoms with Gasteiger partial charge in [-0.2, -0.15) is 0 Å². The average molecular weight is 294 g/mol. The summed E-state index contributed by atoms with van der Waals surface area (Å²) in [5.41, 5.74) is 5.43. The predicted molar refractivity (Wildman–Crippen MR) is 71.2 cm³/mol. The number of carbonyl (C=O) groups is 2. The van der Waals surface area contributed by atoms with E-state index >= 15 is 0 Å². The van der Waals surface area contributed by atoms with Crippen molar-refractivity contribution in [3.8, 4) is 0 Å². The zero-order chi connectivity index (χ0) is 14.9. The van der Waals surface area contributed by atoms with Crippen molar-refractivity contribution in [3.05, 3.63) is 0 Å². The molecule has 0 aromatic carbocycles. The molecule has 1 atom stereocenters. The molecule has 19 heavy (non-hydrogen) atoms. The van der Waals surface area contributed by atoms with Crippen molar-refractivity contribution >= 4 is 21.8 Å². The standard InChI is InChI=1S/C11H22N2O5S/c1-3-4-7-19(16,17)8-9(12)11(15)18-10(14)5-6-13-2/h9,13H,3-8,12H2,1-2H3/t9-/m1/s1. The van der Waals surface area contributed by atoms with Crippen LogP contribution in [0, 0.1) is 0 Å². The third-order valence-electron chi connectivity index (χ3n) is 2.34. The molecule has 0 spiro atoms. The van der Waals surface area contributed by atoms with Crippen molar-refractivity contribution in [2.45, 2.75) is 32.2 Å². The number of hydrogen-bond donors (Lipinski definition) is 2. The summed E-state index contributed by atoms with van der Waals surface area (Å²) >= 11 is 0. The van der Waals surface area contributed by atoms with Gasteiger partial charge in [0.2, 0.25) is 0 Å². The molecule has 112 valence electrons. The summed E-state index contributed by atoms with van der Waals surface area (Å²) in [4.78, 5) is 22.6. The molecule has 8 heteroatoms. The monoisotopic (exact) mass is 294 g/mol. The smallest absolute Gasteiger partial charge is 0.331 e. The van der Waals surface area contributed by atoms with Gasteiger partial charge in [-0.1, -0.05) is 13.3 Å². The number of rotatable bonds is 9. The molecule has 0 aromatic rings. The van der Waals surface area contributed by atoms with Crippen LogP contribution in [0.5, 0.6) is 0 Å². The third kappa shape index (κ3) is 8.68. The maximum Gasteiger partial charge on any atom is 0.331 e. The van der Waals surface area contributed by atoms with Gasteiger partial charge in [0.05, 0.1) is 17.9 Å². The summed E-state index contributed by atoms with van der Waals surface area (Å²) < 4.78 is 27.6. The Hall–Kier alpha value is -0.990. The molecule has 0 heterocycles. The van der Waals surface area contributed by atoms with Crippen LogP contribution in [0.15, 0.2) is 0 Å². The van der Waals surface area contributed by atoms with Crippen molar-refractivity contribution in [1.82, 2.24) is 5.32 Å². The molecule has 0 saturated carbocycles. The zero-order valence-corrected chi connectivity index (χ0v) is 12.2. The van der Waals surface area contributed by atoms with E-state index in [1.165, 1.54) is 0 Å². The molecule has 0 aromatic heterocycles. The van der Waals surface area contributed by atoms with Crippen molar-refractivity contribution in [2.75, 3.05) is 25.1 Å².